The number of morpholine rings is 1. The number of ether oxygens (including phenoxy) is 1. The van der Waals surface area contributed by atoms with Gasteiger partial charge in [-0.2, -0.15) is 0 Å². The van der Waals surface area contributed by atoms with E-state index < -0.39 is 6.10 Å². The molecule has 1 aliphatic rings. The molecule has 18 heavy (non-hydrogen) atoms. The molecule has 1 fully saturated rings. The number of nitrogens with zero attached hydrogens (tertiary/aromatic N) is 1. The summed E-state index contributed by atoms with van der Waals surface area (Å²) in [5.41, 5.74) is 0. The summed E-state index contributed by atoms with van der Waals surface area (Å²) in [5, 5.41) is 15.6. The fraction of sp³-hybridized carbons (Fsp3) is 0.917. The lowest BCUT2D eigenvalue weighted by Crippen LogP contribution is -2.45. The maximum Gasteiger partial charge on any atom is 0.233 e. The number of nitrogens with one attached hydrogen (secondary N) is 2. The lowest BCUT2D eigenvalue weighted by molar-refractivity contribution is -0.120. The van der Waals surface area contributed by atoms with Crippen LogP contribution in [0, 0.1) is 0 Å². The average Bonchev–Trinajstić information content (AvgIpc) is 2.37. The van der Waals surface area contributed by atoms with Gasteiger partial charge in [0, 0.05) is 32.7 Å². The molecule has 0 radical (unpaired) electrons. The Labute approximate surface area is 109 Å². The highest BCUT2D eigenvalue weighted by molar-refractivity contribution is 5.77. The normalized spacial score (nSPS) is 18.6. The molecule has 0 aromatic heterocycles. The summed E-state index contributed by atoms with van der Waals surface area (Å²) in [4.78, 5) is 13.5. The summed E-state index contributed by atoms with van der Waals surface area (Å²) in [7, 11) is 0. The molecular weight excluding hydrogens is 234 g/mol. The number of amides is 1. The summed E-state index contributed by atoms with van der Waals surface area (Å²) >= 11 is 0. The van der Waals surface area contributed by atoms with Crippen LogP contribution in [-0.4, -0.2) is 74.5 Å². The molecule has 0 saturated carbocycles. The Hall–Kier alpha value is -0.690. The first kappa shape index (κ1) is 15.4. The molecule has 106 valence electrons. The number of carbonyl (C=O) groups is 1. The Morgan fingerprint density at radius 1 is 1.44 bits per heavy atom. The third-order valence-corrected chi connectivity index (χ3v) is 2.81. The Balaban J connectivity index is 2.01. The van der Waals surface area contributed by atoms with Gasteiger partial charge in [-0.25, -0.2) is 0 Å². The fourth-order valence-electron chi connectivity index (χ4n) is 1.83. The molecule has 1 amide bonds. The summed E-state index contributed by atoms with van der Waals surface area (Å²) in [6.45, 7) is 7.27. The minimum absolute atomic E-state index is 0.0181. The van der Waals surface area contributed by atoms with Gasteiger partial charge in [-0.15, -0.1) is 0 Å². The molecule has 0 aromatic rings. The third-order valence-electron chi connectivity index (χ3n) is 2.81. The second-order valence-corrected chi connectivity index (χ2v) is 4.55. The zero-order chi connectivity index (χ0) is 13.2. The van der Waals surface area contributed by atoms with E-state index in [1.165, 1.54) is 0 Å². The molecule has 0 aliphatic carbocycles. The van der Waals surface area contributed by atoms with Crippen LogP contribution in [0.3, 0.4) is 0 Å². The molecule has 1 aliphatic heterocycles. The molecule has 3 N–H and O–H groups in total. The number of hydrogen-bond acceptors (Lipinski definition) is 5. The number of hydrogen-bond donors (Lipinski definition) is 3. The molecular formula is C12H25N3O3. The number of rotatable bonds is 8. The van der Waals surface area contributed by atoms with E-state index >= 15 is 0 Å². The van der Waals surface area contributed by atoms with Crippen molar-refractivity contribution in [2.75, 3.05) is 52.5 Å². The van der Waals surface area contributed by atoms with Crippen LogP contribution < -0.4 is 10.6 Å². The first-order valence-electron chi connectivity index (χ1n) is 6.68. The van der Waals surface area contributed by atoms with Gasteiger partial charge in [-0.1, -0.05) is 6.92 Å². The number of carbonyl (C=O) groups excluding carboxylic acids is 1. The predicted molar refractivity (Wildman–Crippen MR) is 69.4 cm³/mol. The summed E-state index contributed by atoms with van der Waals surface area (Å²) in [5.74, 6) is -0.0181. The SMILES string of the molecule is CCCNC(=O)CNCC(O)CN1CCOCC1. The average molecular weight is 259 g/mol. The third kappa shape index (κ3) is 6.90. The van der Waals surface area contributed by atoms with Gasteiger partial charge >= 0.3 is 0 Å². The van der Waals surface area contributed by atoms with Gasteiger partial charge in [0.15, 0.2) is 0 Å². The van der Waals surface area contributed by atoms with Gasteiger partial charge in [0.05, 0.1) is 25.9 Å². The zero-order valence-corrected chi connectivity index (χ0v) is 11.2. The highest BCUT2D eigenvalue weighted by Gasteiger charge is 2.14. The maximum absolute atomic E-state index is 11.3. The Morgan fingerprint density at radius 3 is 2.83 bits per heavy atom. The van der Waals surface area contributed by atoms with Gasteiger partial charge in [-0.3, -0.25) is 9.69 Å². The first-order chi connectivity index (χ1) is 8.72. The second-order valence-electron chi connectivity index (χ2n) is 4.55. The predicted octanol–water partition coefficient (Wildman–Crippen LogP) is -1.20. The van der Waals surface area contributed by atoms with Crippen LogP contribution in [0.1, 0.15) is 13.3 Å². The van der Waals surface area contributed by atoms with Crippen molar-refractivity contribution in [1.29, 1.82) is 0 Å². The lowest BCUT2D eigenvalue weighted by Gasteiger charge is -2.28. The molecule has 1 rings (SSSR count). The van der Waals surface area contributed by atoms with Crippen LogP contribution in [0.15, 0.2) is 0 Å². The molecule has 1 heterocycles. The highest BCUT2D eigenvalue weighted by Crippen LogP contribution is 1.97. The lowest BCUT2D eigenvalue weighted by atomic mass is 10.3. The number of β-amino-alcohol motifs (C(OH)–C–C–N with tert-alkyl or cyclic N) is 1. The van der Waals surface area contributed by atoms with Crippen LogP contribution in [-0.2, 0) is 9.53 Å². The van der Waals surface area contributed by atoms with Gasteiger partial charge in [0.1, 0.15) is 0 Å². The van der Waals surface area contributed by atoms with Gasteiger partial charge < -0.3 is 20.5 Å². The Bertz CT molecular complexity index is 233. The largest absolute Gasteiger partial charge is 0.390 e. The zero-order valence-electron chi connectivity index (χ0n) is 11.2. The van der Waals surface area contributed by atoms with Gasteiger partial charge in [-0.05, 0) is 6.42 Å². The monoisotopic (exact) mass is 259 g/mol. The van der Waals surface area contributed by atoms with E-state index in [-0.39, 0.29) is 12.5 Å². The minimum Gasteiger partial charge on any atom is -0.390 e. The first-order valence-corrected chi connectivity index (χ1v) is 6.68. The molecule has 0 spiro atoms. The van der Waals surface area contributed by atoms with E-state index in [2.05, 4.69) is 15.5 Å². The van der Waals surface area contributed by atoms with Crippen molar-refractivity contribution < 1.29 is 14.6 Å². The standard InChI is InChI=1S/C12H25N3O3/c1-2-3-14-12(17)9-13-8-11(16)10-15-4-6-18-7-5-15/h11,13,16H,2-10H2,1H3,(H,14,17). The quantitative estimate of drug-likeness (QED) is 0.510. The molecule has 0 aromatic carbocycles. The second kappa shape index (κ2) is 9.27. The summed E-state index contributed by atoms with van der Waals surface area (Å²) in [6, 6.07) is 0. The van der Waals surface area contributed by atoms with E-state index in [4.69, 9.17) is 4.74 Å². The van der Waals surface area contributed by atoms with Crippen LogP contribution in [0.2, 0.25) is 0 Å². The molecule has 6 heteroatoms. The van der Waals surface area contributed by atoms with Crippen molar-refractivity contribution in [1.82, 2.24) is 15.5 Å². The van der Waals surface area contributed by atoms with Crippen molar-refractivity contribution in [3.63, 3.8) is 0 Å². The van der Waals surface area contributed by atoms with Gasteiger partial charge in [0.25, 0.3) is 0 Å². The minimum atomic E-state index is -0.443. The highest BCUT2D eigenvalue weighted by atomic mass is 16.5. The maximum atomic E-state index is 11.3. The van der Waals surface area contributed by atoms with E-state index in [1.807, 2.05) is 6.92 Å². The summed E-state index contributed by atoms with van der Waals surface area (Å²) in [6.07, 6.45) is 0.493. The van der Waals surface area contributed by atoms with Crippen molar-refractivity contribution in [2.24, 2.45) is 0 Å². The number of aliphatic hydroxyl groups excluding tert-OH is 1. The molecule has 0 bridgehead atoms. The fourth-order valence-corrected chi connectivity index (χ4v) is 1.83. The molecule has 6 nitrogen and oxygen atoms in total. The van der Waals surface area contributed by atoms with E-state index in [0.717, 1.165) is 32.7 Å². The van der Waals surface area contributed by atoms with E-state index in [9.17, 15) is 9.90 Å². The molecule has 1 atom stereocenters. The smallest absolute Gasteiger partial charge is 0.233 e. The number of aliphatic hydroxyl groups is 1. The van der Waals surface area contributed by atoms with Crippen molar-refractivity contribution in [3.8, 4) is 0 Å². The summed E-state index contributed by atoms with van der Waals surface area (Å²) < 4.78 is 5.24. The van der Waals surface area contributed by atoms with Gasteiger partial charge in [0.2, 0.25) is 5.91 Å². The van der Waals surface area contributed by atoms with E-state index in [1.54, 1.807) is 0 Å². The molecule has 1 unspecified atom stereocenters. The van der Waals surface area contributed by atoms with Crippen LogP contribution in [0.5, 0.6) is 0 Å². The molecule has 1 saturated heterocycles. The topological polar surface area (TPSA) is 73.8 Å². The van der Waals surface area contributed by atoms with Crippen LogP contribution in [0.25, 0.3) is 0 Å². The van der Waals surface area contributed by atoms with Crippen molar-refractivity contribution in [2.45, 2.75) is 19.4 Å². The van der Waals surface area contributed by atoms with Crippen molar-refractivity contribution in [3.05, 3.63) is 0 Å². The van der Waals surface area contributed by atoms with Crippen LogP contribution in [0.4, 0.5) is 0 Å². The van der Waals surface area contributed by atoms with Crippen molar-refractivity contribution >= 4 is 5.91 Å². The Kier molecular flexibility index (Phi) is 7.91. The Morgan fingerprint density at radius 2 is 2.17 bits per heavy atom. The van der Waals surface area contributed by atoms with Crippen LogP contribution >= 0.6 is 0 Å². The van der Waals surface area contributed by atoms with E-state index in [0.29, 0.717) is 19.6 Å².